The average Bonchev–Trinajstić information content (AvgIpc) is 3.50. The Balaban J connectivity index is 1.36. The van der Waals surface area contributed by atoms with Crippen LogP contribution in [0, 0.1) is 0 Å². The van der Waals surface area contributed by atoms with E-state index in [0.29, 0.717) is 11.1 Å². The van der Waals surface area contributed by atoms with Crippen LogP contribution in [0.5, 0.6) is 5.75 Å². The number of ether oxygens (including phenoxy) is 1. The summed E-state index contributed by atoms with van der Waals surface area (Å²) < 4.78 is 6.90. The average molecular weight is 538 g/mol. The van der Waals surface area contributed by atoms with Gasteiger partial charge >= 0.3 is 5.96 Å². The van der Waals surface area contributed by atoms with Gasteiger partial charge < -0.3 is 31.3 Å². The lowest BCUT2D eigenvalue weighted by atomic mass is 9.85. The molecular formula is C25H29N8O6+. The Morgan fingerprint density at radius 1 is 1.21 bits per heavy atom. The van der Waals surface area contributed by atoms with E-state index < -0.39 is 35.5 Å². The molecule has 9 N–H and O–H groups in total. The smallest absolute Gasteiger partial charge is 0.346 e. The van der Waals surface area contributed by atoms with Crippen molar-refractivity contribution >= 4 is 40.4 Å². The molecule has 2 saturated heterocycles. The number of guanidine groups is 2. The molecule has 14 heteroatoms. The third kappa shape index (κ3) is 3.44. The van der Waals surface area contributed by atoms with Crippen LogP contribution in [0.1, 0.15) is 23.2 Å². The van der Waals surface area contributed by atoms with Crippen LogP contribution in [-0.2, 0) is 9.59 Å². The molecule has 4 heterocycles. The van der Waals surface area contributed by atoms with E-state index in [0.717, 1.165) is 10.3 Å². The number of carbonyl (C=O) groups is 3. The van der Waals surface area contributed by atoms with E-state index in [1.165, 1.54) is 11.7 Å². The summed E-state index contributed by atoms with van der Waals surface area (Å²) in [5.74, 6) is -3.63. The van der Waals surface area contributed by atoms with Crippen LogP contribution in [0.3, 0.4) is 0 Å². The van der Waals surface area contributed by atoms with Crippen molar-refractivity contribution in [3.05, 3.63) is 42.0 Å². The van der Waals surface area contributed by atoms with Crippen LogP contribution in [0.25, 0.3) is 10.8 Å². The highest BCUT2D eigenvalue weighted by atomic mass is 16.5. The van der Waals surface area contributed by atoms with E-state index in [9.17, 15) is 24.6 Å². The fourth-order valence-electron chi connectivity index (χ4n) is 6.22. The van der Waals surface area contributed by atoms with Crippen LogP contribution in [-0.4, -0.2) is 99.1 Å². The van der Waals surface area contributed by atoms with Gasteiger partial charge in [0.2, 0.25) is 23.3 Å². The van der Waals surface area contributed by atoms with Gasteiger partial charge in [0.05, 0.1) is 25.8 Å². The van der Waals surface area contributed by atoms with Crippen molar-refractivity contribution < 1.29 is 33.9 Å². The number of nitrogens with zero attached hydrogens (tertiary/aromatic N) is 3. The van der Waals surface area contributed by atoms with Gasteiger partial charge in [-0.05, 0) is 16.8 Å². The molecule has 0 aliphatic carbocycles. The molecule has 4 aliphatic rings. The van der Waals surface area contributed by atoms with Crippen molar-refractivity contribution in [2.24, 2.45) is 16.5 Å². The summed E-state index contributed by atoms with van der Waals surface area (Å²) in [7, 11) is 1.45. The summed E-state index contributed by atoms with van der Waals surface area (Å²) in [5, 5.41) is 33.5. The largest absolute Gasteiger partial charge is 0.496 e. The van der Waals surface area contributed by atoms with Gasteiger partial charge in [0.25, 0.3) is 5.91 Å². The Hall–Kier alpha value is -4.43. The van der Waals surface area contributed by atoms with Crippen LogP contribution in [0.15, 0.2) is 41.4 Å². The summed E-state index contributed by atoms with van der Waals surface area (Å²) in [4.78, 5) is 43.8. The Morgan fingerprint density at radius 2 is 1.92 bits per heavy atom. The van der Waals surface area contributed by atoms with Crippen LogP contribution in [0.4, 0.5) is 0 Å². The number of nitrogens with one attached hydrogen (secondary N) is 3. The first kappa shape index (κ1) is 24.9. The summed E-state index contributed by atoms with van der Waals surface area (Å²) in [6.07, 6.45) is 0.206. The van der Waals surface area contributed by atoms with E-state index in [2.05, 4.69) is 20.9 Å². The second kappa shape index (κ2) is 8.54. The molecule has 1 unspecified atom stereocenters. The lowest BCUT2D eigenvalue weighted by Crippen LogP contribution is -2.79. The fraction of sp³-hybridized carbons (Fsp3) is 0.400. The SMILES string of the molecule is COc1ccc2ccccc2c1C(=O)NC1C[N+]2=C(N)N[C@@H](CN3C(=O)CCC3=O)[C@@H]3N=C(N)N[C@@]32C1(O)O. The lowest BCUT2D eigenvalue weighted by molar-refractivity contribution is -0.623. The van der Waals surface area contributed by atoms with E-state index in [4.69, 9.17) is 16.2 Å². The molecule has 1 spiro atoms. The van der Waals surface area contributed by atoms with Crippen LogP contribution in [0.2, 0.25) is 0 Å². The zero-order chi connectivity index (χ0) is 27.7. The van der Waals surface area contributed by atoms with Crippen molar-refractivity contribution in [2.45, 2.75) is 42.4 Å². The first-order chi connectivity index (χ1) is 18.6. The van der Waals surface area contributed by atoms with Crippen molar-refractivity contribution in [3.63, 3.8) is 0 Å². The number of benzene rings is 2. The molecule has 2 aromatic rings. The minimum Gasteiger partial charge on any atom is -0.496 e. The molecule has 4 atom stereocenters. The predicted octanol–water partition coefficient (Wildman–Crippen LogP) is -2.93. The minimum atomic E-state index is -2.65. The van der Waals surface area contributed by atoms with Crippen molar-refractivity contribution in [1.29, 1.82) is 0 Å². The monoisotopic (exact) mass is 537 g/mol. The standard InChI is InChI=1S/C25H28N8O6/c1-39-15-7-6-12-4-2-3-5-13(12)19(15)21(36)29-16-11-33-23(27)28-14(10-32-17(34)8-9-18(32)35)20-24(33,25(16,37)38)31-22(26)30-20/h2-7,14,16,20,37-38H,8-11H2,1H3,(H6,26,27,28,29,30,31,36)/p+1/t14-,16?,20-,24-/m0/s1. The van der Waals surface area contributed by atoms with E-state index in [1.807, 2.05) is 18.2 Å². The molecule has 0 aromatic heterocycles. The fourth-order valence-corrected chi connectivity index (χ4v) is 6.22. The van der Waals surface area contributed by atoms with Crippen LogP contribution < -0.4 is 32.2 Å². The number of aliphatic hydroxyl groups is 2. The number of methoxy groups -OCH3 is 1. The Morgan fingerprint density at radius 3 is 2.64 bits per heavy atom. The molecule has 6 rings (SSSR count). The number of likely N-dealkylation sites (tertiary alicyclic amines) is 1. The number of amides is 3. The number of hydrogen-bond donors (Lipinski definition) is 7. The maximum atomic E-state index is 13.6. The quantitative estimate of drug-likeness (QED) is 0.117. The highest BCUT2D eigenvalue weighted by molar-refractivity contribution is 6.09. The van der Waals surface area contributed by atoms with Gasteiger partial charge in [0.15, 0.2) is 5.96 Å². The molecule has 2 fully saturated rings. The molecule has 0 saturated carbocycles. The van der Waals surface area contributed by atoms with Gasteiger partial charge in [-0.3, -0.25) is 30.3 Å². The minimum absolute atomic E-state index is 0.0414. The molecule has 4 aliphatic heterocycles. The molecule has 0 bridgehead atoms. The highest BCUT2D eigenvalue weighted by Gasteiger charge is 2.75. The van der Waals surface area contributed by atoms with Gasteiger partial charge in [0.1, 0.15) is 23.9 Å². The number of fused-ring (bicyclic) bond motifs is 1. The van der Waals surface area contributed by atoms with Crippen molar-refractivity contribution in [3.8, 4) is 5.75 Å². The van der Waals surface area contributed by atoms with Gasteiger partial charge in [-0.15, -0.1) is 0 Å². The number of imide groups is 1. The Labute approximate surface area is 222 Å². The zero-order valence-corrected chi connectivity index (χ0v) is 21.0. The Kier molecular flexibility index (Phi) is 5.45. The summed E-state index contributed by atoms with van der Waals surface area (Å²) in [6.45, 7) is -0.220. The van der Waals surface area contributed by atoms with Gasteiger partial charge in [-0.25, -0.2) is 9.57 Å². The maximum absolute atomic E-state index is 13.6. The third-order valence-corrected chi connectivity index (χ3v) is 8.05. The second-order valence-corrected chi connectivity index (χ2v) is 10.1. The molecule has 204 valence electrons. The zero-order valence-electron chi connectivity index (χ0n) is 21.0. The van der Waals surface area contributed by atoms with Gasteiger partial charge in [-0.2, -0.15) is 0 Å². The van der Waals surface area contributed by atoms with Crippen LogP contribution >= 0.6 is 0 Å². The highest BCUT2D eigenvalue weighted by Crippen LogP contribution is 2.42. The molecule has 3 amide bonds. The number of nitrogens with two attached hydrogens (primary N) is 2. The Bertz CT molecular complexity index is 1470. The molecule has 0 radical (unpaired) electrons. The van der Waals surface area contributed by atoms with E-state index in [-0.39, 0.29) is 55.2 Å². The topological polar surface area (TPSA) is 208 Å². The molecular weight excluding hydrogens is 508 g/mol. The summed E-state index contributed by atoms with van der Waals surface area (Å²) in [5.41, 5.74) is 10.8. The molecule has 14 nitrogen and oxygen atoms in total. The first-order valence-electron chi connectivity index (χ1n) is 12.5. The normalized spacial score (nSPS) is 29.1. The summed E-state index contributed by atoms with van der Waals surface area (Å²) >= 11 is 0. The van der Waals surface area contributed by atoms with Crippen molar-refractivity contribution in [2.75, 3.05) is 20.2 Å². The third-order valence-electron chi connectivity index (χ3n) is 8.05. The molecule has 39 heavy (non-hydrogen) atoms. The number of aliphatic imine (C=N–C) groups is 1. The predicted molar refractivity (Wildman–Crippen MR) is 137 cm³/mol. The summed E-state index contributed by atoms with van der Waals surface area (Å²) in [6, 6.07) is 7.72. The number of hydrogen-bond acceptors (Lipinski definition) is 11. The van der Waals surface area contributed by atoms with Gasteiger partial charge in [-0.1, -0.05) is 30.3 Å². The van der Waals surface area contributed by atoms with Crippen molar-refractivity contribution in [1.82, 2.24) is 20.9 Å². The second-order valence-electron chi connectivity index (χ2n) is 10.1. The first-order valence-corrected chi connectivity index (χ1v) is 12.5. The number of rotatable bonds is 5. The maximum Gasteiger partial charge on any atom is 0.346 e. The molecule has 2 aromatic carbocycles. The van der Waals surface area contributed by atoms with Gasteiger partial charge in [0, 0.05) is 12.8 Å². The number of carbonyl (C=O) groups excluding carboxylic acids is 3. The lowest BCUT2D eigenvalue weighted by Gasteiger charge is -2.44. The van der Waals surface area contributed by atoms with E-state index >= 15 is 0 Å². The van der Waals surface area contributed by atoms with E-state index in [1.54, 1.807) is 18.2 Å².